The van der Waals surface area contributed by atoms with Gasteiger partial charge in [-0.25, -0.2) is 14.6 Å². The lowest BCUT2D eigenvalue weighted by atomic mass is 10.3. The van der Waals surface area contributed by atoms with Crippen LogP contribution in [0.1, 0.15) is 13.8 Å². The minimum Gasteiger partial charge on any atom is -0.464 e. The molecule has 10 heteroatoms. The van der Waals surface area contributed by atoms with E-state index in [0.29, 0.717) is 15.6 Å². The maximum absolute atomic E-state index is 12.4. The number of ether oxygens (including phenoxy) is 2. The Bertz CT molecular complexity index is 860. The van der Waals surface area contributed by atoms with E-state index in [9.17, 15) is 9.59 Å². The van der Waals surface area contributed by atoms with Crippen molar-refractivity contribution in [3.8, 4) is 0 Å². The third-order valence-electron chi connectivity index (χ3n) is 4.05. The van der Waals surface area contributed by atoms with Gasteiger partial charge >= 0.3 is 11.9 Å². The summed E-state index contributed by atoms with van der Waals surface area (Å²) in [6.07, 6.45) is 0. The van der Waals surface area contributed by atoms with Crippen molar-refractivity contribution in [3.63, 3.8) is 0 Å². The van der Waals surface area contributed by atoms with Crippen LogP contribution in [0.4, 0.5) is 5.69 Å². The molecule has 1 aromatic carbocycles. The van der Waals surface area contributed by atoms with Gasteiger partial charge in [0.2, 0.25) is 9.37 Å². The first-order chi connectivity index (χ1) is 12.8. The summed E-state index contributed by atoms with van der Waals surface area (Å²) in [6, 6.07) is 7.14. The van der Waals surface area contributed by atoms with Crippen LogP contribution >= 0.6 is 35.1 Å². The Balaban J connectivity index is 2.05. The van der Waals surface area contributed by atoms with E-state index in [0.717, 1.165) is 5.70 Å². The molecule has 0 saturated carbocycles. The van der Waals surface area contributed by atoms with Crippen LogP contribution < -0.4 is 5.01 Å². The molecule has 0 amide bonds. The van der Waals surface area contributed by atoms with Crippen molar-refractivity contribution in [2.45, 2.75) is 18.2 Å². The van der Waals surface area contributed by atoms with Crippen molar-refractivity contribution in [2.75, 3.05) is 25.8 Å². The first-order valence-corrected chi connectivity index (χ1v) is 10.1. The topological polar surface area (TPSA) is 71.4 Å². The van der Waals surface area contributed by atoms with Crippen LogP contribution in [0.3, 0.4) is 0 Å². The molecule has 0 N–H and O–H groups in total. The molecule has 0 aliphatic carbocycles. The van der Waals surface area contributed by atoms with Gasteiger partial charge in [0, 0.05) is 17.8 Å². The van der Waals surface area contributed by atoms with E-state index < -0.39 is 16.3 Å². The van der Waals surface area contributed by atoms with Crippen LogP contribution in [0, 0.1) is 0 Å². The smallest absolute Gasteiger partial charge is 0.365 e. The van der Waals surface area contributed by atoms with Crippen LogP contribution in [-0.2, 0) is 19.1 Å². The molecular weight excluding hydrogens is 410 g/mol. The van der Waals surface area contributed by atoms with Crippen molar-refractivity contribution in [1.82, 2.24) is 4.90 Å². The number of hydrogen-bond acceptors (Lipinski definition) is 9. The van der Waals surface area contributed by atoms with Crippen LogP contribution in [0.25, 0.3) is 0 Å². The number of hydrogen-bond donors (Lipinski definition) is 0. The molecule has 0 radical (unpaired) electrons. The van der Waals surface area contributed by atoms with E-state index in [2.05, 4.69) is 5.10 Å². The van der Waals surface area contributed by atoms with Crippen molar-refractivity contribution in [1.29, 1.82) is 0 Å². The fourth-order valence-electron chi connectivity index (χ4n) is 2.64. The first-order valence-electron chi connectivity index (χ1n) is 8.06. The zero-order chi connectivity index (χ0) is 19.8. The molecule has 0 saturated heterocycles. The zero-order valence-corrected chi connectivity index (χ0v) is 17.6. The van der Waals surface area contributed by atoms with Crippen LogP contribution in [-0.4, -0.2) is 47.0 Å². The lowest BCUT2D eigenvalue weighted by molar-refractivity contribution is -0.137. The second-order valence-electron chi connectivity index (χ2n) is 5.64. The van der Waals surface area contributed by atoms with Crippen molar-refractivity contribution in [3.05, 3.63) is 39.9 Å². The first kappa shape index (κ1) is 19.9. The van der Waals surface area contributed by atoms with Crippen molar-refractivity contribution in [2.24, 2.45) is 5.10 Å². The minimum atomic E-state index is -0.902. The van der Waals surface area contributed by atoms with Gasteiger partial charge in [0.05, 0.1) is 19.4 Å². The molecule has 1 spiro atoms. The average molecular weight is 428 g/mol. The highest BCUT2D eigenvalue weighted by Crippen LogP contribution is 2.58. The van der Waals surface area contributed by atoms with Gasteiger partial charge in [-0.2, -0.15) is 5.10 Å². The van der Waals surface area contributed by atoms with Gasteiger partial charge in [-0.05, 0) is 43.8 Å². The molecule has 144 valence electrons. The number of benzene rings is 1. The fourth-order valence-corrected chi connectivity index (χ4v) is 5.73. The van der Waals surface area contributed by atoms with Gasteiger partial charge in [0.15, 0.2) is 0 Å². The summed E-state index contributed by atoms with van der Waals surface area (Å²) >= 11 is 8.64. The van der Waals surface area contributed by atoms with E-state index in [1.807, 2.05) is 24.9 Å². The second-order valence-corrected chi connectivity index (χ2v) is 8.67. The molecule has 0 aromatic heterocycles. The third kappa shape index (κ3) is 3.39. The summed E-state index contributed by atoms with van der Waals surface area (Å²) in [7, 11) is 3.15. The predicted molar refractivity (Wildman–Crippen MR) is 108 cm³/mol. The number of methoxy groups -OCH3 is 1. The summed E-state index contributed by atoms with van der Waals surface area (Å²) in [5.74, 6) is -0.943. The maximum Gasteiger partial charge on any atom is 0.365 e. The molecule has 2 aliphatic heterocycles. The highest BCUT2D eigenvalue weighted by molar-refractivity contribution is 8.28. The van der Waals surface area contributed by atoms with Gasteiger partial charge in [0.1, 0.15) is 4.91 Å². The monoisotopic (exact) mass is 427 g/mol. The SMILES string of the molecule is CCOC(=O)C1=C(C)N(C)C2(SC(C(=O)OC)=NN2c2cccc(Cl)c2)S1. The van der Waals surface area contributed by atoms with E-state index in [4.69, 9.17) is 21.1 Å². The molecule has 3 rings (SSSR count). The quantitative estimate of drug-likeness (QED) is 0.676. The summed E-state index contributed by atoms with van der Waals surface area (Å²) in [6.45, 7) is 3.87. The van der Waals surface area contributed by atoms with E-state index >= 15 is 0 Å². The molecule has 0 bridgehead atoms. The molecule has 1 atom stereocenters. The van der Waals surface area contributed by atoms with Gasteiger partial charge in [0.25, 0.3) is 0 Å². The van der Waals surface area contributed by atoms with E-state index in [1.165, 1.54) is 30.6 Å². The molecule has 2 heterocycles. The highest BCUT2D eigenvalue weighted by atomic mass is 35.5. The Morgan fingerprint density at radius 2 is 2.04 bits per heavy atom. The second kappa shape index (κ2) is 7.65. The molecule has 7 nitrogen and oxygen atoms in total. The fraction of sp³-hybridized carbons (Fsp3) is 0.353. The molecule has 0 fully saturated rings. The van der Waals surface area contributed by atoms with E-state index in [1.54, 1.807) is 30.1 Å². The Kier molecular flexibility index (Phi) is 5.64. The summed E-state index contributed by atoms with van der Waals surface area (Å²) in [5, 5.41) is 6.87. The van der Waals surface area contributed by atoms with Crippen molar-refractivity contribution >= 4 is 57.8 Å². The number of rotatable bonds is 4. The number of carbonyl (C=O) groups excluding carboxylic acids is 2. The number of thioether (sulfide) groups is 2. The molecule has 1 unspecified atom stereocenters. The van der Waals surface area contributed by atoms with Crippen LogP contribution in [0.15, 0.2) is 40.0 Å². The molecule has 2 aliphatic rings. The Hall–Kier alpha value is -1.84. The number of anilines is 1. The average Bonchev–Trinajstić information content (AvgIpc) is 3.15. The summed E-state index contributed by atoms with van der Waals surface area (Å²) < 4.78 is 9.12. The number of hydrazone groups is 1. The summed E-state index contributed by atoms with van der Waals surface area (Å²) in [4.78, 5) is 26.9. The van der Waals surface area contributed by atoms with Gasteiger partial charge in [-0.1, -0.05) is 29.4 Å². The van der Waals surface area contributed by atoms with Gasteiger partial charge < -0.3 is 14.4 Å². The predicted octanol–water partition coefficient (Wildman–Crippen LogP) is 3.46. The van der Waals surface area contributed by atoms with Crippen molar-refractivity contribution < 1.29 is 19.1 Å². The number of allylic oxidation sites excluding steroid dienone is 1. The van der Waals surface area contributed by atoms with Crippen LogP contribution in [0.5, 0.6) is 0 Å². The largest absolute Gasteiger partial charge is 0.464 e. The van der Waals surface area contributed by atoms with Gasteiger partial charge in [-0.15, -0.1) is 0 Å². The normalized spacial score (nSPS) is 21.7. The number of halogens is 1. The molecule has 27 heavy (non-hydrogen) atoms. The molecular formula is C17H18ClN3O4S2. The van der Waals surface area contributed by atoms with Gasteiger partial charge in [-0.3, -0.25) is 0 Å². The Labute approximate surface area is 170 Å². The Morgan fingerprint density at radius 3 is 2.67 bits per heavy atom. The highest BCUT2D eigenvalue weighted by Gasteiger charge is 2.56. The van der Waals surface area contributed by atoms with Crippen LogP contribution in [0.2, 0.25) is 5.02 Å². The molecule has 1 aromatic rings. The summed E-state index contributed by atoms with van der Waals surface area (Å²) in [5.41, 5.74) is 1.42. The Morgan fingerprint density at radius 1 is 1.30 bits per heavy atom. The maximum atomic E-state index is 12.4. The standard InChI is InChI=1S/C17H18ClN3O4S2/c1-5-25-15(22)13-10(2)20(3)17(26-13)21(12-8-6-7-11(18)9-12)19-14(27-17)16(23)24-4/h6-9H,5H2,1-4H3. The number of nitrogens with zero attached hydrogens (tertiary/aromatic N) is 3. The number of carbonyl (C=O) groups is 2. The minimum absolute atomic E-state index is 0.190. The lowest BCUT2D eigenvalue weighted by Gasteiger charge is -2.39. The number of esters is 2. The van der Waals surface area contributed by atoms with E-state index in [-0.39, 0.29) is 11.7 Å². The zero-order valence-electron chi connectivity index (χ0n) is 15.2. The lowest BCUT2D eigenvalue weighted by Crippen LogP contribution is -2.47. The third-order valence-corrected chi connectivity index (χ3v) is 7.32.